The number of carbonyl (C=O) groups excluding carboxylic acids is 2. The van der Waals surface area contributed by atoms with Crippen LogP contribution in [-0.2, 0) is 28.5 Å². The Hall–Kier alpha value is -2.56. The molecule has 11 heteroatoms. The highest BCUT2D eigenvalue weighted by molar-refractivity contribution is 5.73. The second-order valence-corrected chi connectivity index (χ2v) is 4.35. The van der Waals surface area contributed by atoms with Crippen molar-refractivity contribution in [3.63, 3.8) is 0 Å². The van der Waals surface area contributed by atoms with E-state index in [1.54, 1.807) is 6.92 Å². The maximum Gasteiger partial charge on any atom is 0.505 e. The van der Waals surface area contributed by atoms with Crippen molar-refractivity contribution in [2.45, 2.75) is 46.6 Å². The zero-order chi connectivity index (χ0) is 21.0. The molecule has 11 nitrogen and oxygen atoms in total. The molecule has 0 saturated heterocycles. The van der Waals surface area contributed by atoms with Crippen molar-refractivity contribution in [3.05, 3.63) is 0 Å². The molecule has 0 radical (unpaired) electrons. The van der Waals surface area contributed by atoms with Crippen molar-refractivity contribution in [2.75, 3.05) is 26.4 Å². The second-order valence-electron chi connectivity index (χ2n) is 4.35. The molecule has 0 aliphatic rings. The van der Waals surface area contributed by atoms with Crippen LogP contribution in [0.2, 0.25) is 0 Å². The molecule has 0 rings (SSSR count). The van der Waals surface area contributed by atoms with Gasteiger partial charge in [0.05, 0.1) is 13.2 Å². The summed E-state index contributed by atoms with van der Waals surface area (Å²) >= 11 is 0. The molecule has 0 spiro atoms. The highest BCUT2D eigenvalue weighted by Gasteiger charge is 2.07. The molecule has 1 atom stereocenters. The van der Waals surface area contributed by atoms with Crippen LogP contribution in [0, 0.1) is 0 Å². The van der Waals surface area contributed by atoms with Crippen LogP contribution in [0.25, 0.3) is 0 Å². The normalized spacial score (nSPS) is 9.88. The predicted octanol–water partition coefficient (Wildman–Crippen LogP) is 1.66. The van der Waals surface area contributed by atoms with E-state index in [9.17, 15) is 19.2 Å². The Kier molecular flexibility index (Phi) is 22.3. The largest absolute Gasteiger partial charge is 0.505 e. The summed E-state index contributed by atoms with van der Waals surface area (Å²) in [4.78, 5) is 39.6. The first kappa shape index (κ1) is 28.3. The molecule has 154 valence electrons. The molecule has 0 fully saturated rings. The van der Waals surface area contributed by atoms with E-state index < -0.39 is 24.4 Å². The van der Waals surface area contributed by atoms with Gasteiger partial charge in [0.15, 0.2) is 0 Å². The molecular formula is C15H28O11. The summed E-state index contributed by atoms with van der Waals surface area (Å²) < 4.78 is 16.9. The van der Waals surface area contributed by atoms with E-state index in [1.807, 2.05) is 0 Å². The number of hydrogen-bond acceptors (Lipinski definition) is 9. The van der Waals surface area contributed by atoms with E-state index in [2.05, 4.69) is 25.9 Å². The first-order valence-electron chi connectivity index (χ1n) is 7.77. The molecule has 0 aromatic carbocycles. The van der Waals surface area contributed by atoms with Crippen LogP contribution in [0.3, 0.4) is 0 Å². The van der Waals surface area contributed by atoms with Crippen molar-refractivity contribution in [3.8, 4) is 0 Å². The number of rotatable bonds is 8. The number of aliphatic hydroxyl groups is 1. The highest BCUT2D eigenvalue weighted by atomic mass is 16.7. The molecule has 0 saturated carbocycles. The number of ether oxygens (including phenoxy) is 4. The van der Waals surface area contributed by atoms with Crippen molar-refractivity contribution in [2.24, 2.45) is 0 Å². The molecule has 0 aliphatic heterocycles. The molecule has 1 unspecified atom stereocenters. The van der Waals surface area contributed by atoms with E-state index in [-0.39, 0.29) is 19.2 Å². The van der Waals surface area contributed by atoms with Gasteiger partial charge in [-0.05, 0) is 20.3 Å². The predicted molar refractivity (Wildman–Crippen MR) is 87.8 cm³/mol. The molecule has 26 heavy (non-hydrogen) atoms. The van der Waals surface area contributed by atoms with Crippen LogP contribution >= 0.6 is 0 Å². The molecule has 0 bridgehead atoms. The van der Waals surface area contributed by atoms with Gasteiger partial charge in [0.25, 0.3) is 0 Å². The average Bonchev–Trinajstić information content (AvgIpc) is 2.52. The molecule has 0 aliphatic carbocycles. The van der Waals surface area contributed by atoms with Crippen LogP contribution in [0.15, 0.2) is 0 Å². The van der Waals surface area contributed by atoms with Gasteiger partial charge >= 0.3 is 24.2 Å². The zero-order valence-corrected chi connectivity index (χ0v) is 15.4. The lowest BCUT2D eigenvalue weighted by Crippen LogP contribution is -2.18. The van der Waals surface area contributed by atoms with Crippen molar-refractivity contribution in [1.82, 2.24) is 0 Å². The van der Waals surface area contributed by atoms with Crippen LogP contribution < -0.4 is 0 Å². The molecule has 0 aromatic heterocycles. The summed E-state index contributed by atoms with van der Waals surface area (Å²) in [6, 6.07) is 0. The third-order valence-electron chi connectivity index (χ3n) is 1.97. The lowest BCUT2D eigenvalue weighted by molar-refractivity contribution is -0.151. The van der Waals surface area contributed by atoms with Gasteiger partial charge in [-0.1, -0.05) is 13.3 Å². The number of unbranched alkanes of at least 4 members (excludes halogenated alkanes) is 1. The second kappa shape index (κ2) is 20.5. The topological polar surface area (TPSA) is 166 Å². The van der Waals surface area contributed by atoms with Crippen LogP contribution in [0.1, 0.15) is 40.5 Å². The fourth-order valence-electron chi connectivity index (χ4n) is 0.881. The summed E-state index contributed by atoms with van der Waals surface area (Å²) in [5.41, 5.74) is 0. The van der Waals surface area contributed by atoms with E-state index in [4.69, 9.17) is 15.3 Å². The summed E-state index contributed by atoms with van der Waals surface area (Å²) in [6.45, 7) is 6.90. The van der Waals surface area contributed by atoms with Gasteiger partial charge in [-0.3, -0.25) is 4.79 Å². The lowest BCUT2D eigenvalue weighted by Gasteiger charge is -2.01. The smallest absolute Gasteiger partial charge is 0.466 e. The van der Waals surface area contributed by atoms with Crippen LogP contribution in [-0.4, -0.2) is 72.1 Å². The van der Waals surface area contributed by atoms with Crippen LogP contribution in [0.4, 0.5) is 9.59 Å². The van der Waals surface area contributed by atoms with Crippen molar-refractivity contribution in [1.29, 1.82) is 0 Å². The van der Waals surface area contributed by atoms with E-state index in [1.165, 1.54) is 13.8 Å². The fraction of sp³-hybridized carbons (Fsp3) is 0.733. The van der Waals surface area contributed by atoms with Crippen LogP contribution in [0.5, 0.6) is 0 Å². The summed E-state index contributed by atoms with van der Waals surface area (Å²) in [5.74, 6) is -0.744. The maximum absolute atomic E-state index is 10.3. The Balaban J connectivity index is -0.000000308. The van der Waals surface area contributed by atoms with Gasteiger partial charge in [0, 0.05) is 6.92 Å². The van der Waals surface area contributed by atoms with Crippen molar-refractivity contribution < 1.29 is 53.4 Å². The minimum atomic E-state index is -1.45. The molecular weight excluding hydrogens is 356 g/mol. The van der Waals surface area contributed by atoms with E-state index in [0.29, 0.717) is 13.2 Å². The zero-order valence-electron chi connectivity index (χ0n) is 15.4. The van der Waals surface area contributed by atoms with Gasteiger partial charge in [-0.25, -0.2) is 14.4 Å². The maximum atomic E-state index is 10.3. The minimum Gasteiger partial charge on any atom is -0.466 e. The number of esters is 2. The standard InChI is InChI=1S/C6H12O2.C5H10O3.C4H6O6/c1-3-4-5-8-6(2)7;1-3-8-5(7)4(2)6;5-3(6)9-1-2-10-4(7)8/h3-5H2,1-2H3;4,6H,3H2,1-2H3;1-2H2,(H,5,6)(H,7,8). The van der Waals surface area contributed by atoms with Gasteiger partial charge < -0.3 is 34.3 Å². The third-order valence-corrected chi connectivity index (χ3v) is 1.97. The van der Waals surface area contributed by atoms with Gasteiger partial charge in [-0.15, -0.1) is 0 Å². The first-order chi connectivity index (χ1) is 12.1. The quantitative estimate of drug-likeness (QED) is 0.316. The number of hydrogen-bond donors (Lipinski definition) is 3. The Labute approximate surface area is 151 Å². The first-order valence-corrected chi connectivity index (χ1v) is 7.77. The monoisotopic (exact) mass is 384 g/mol. The molecule has 3 N–H and O–H groups in total. The Morgan fingerprint density at radius 3 is 1.54 bits per heavy atom. The number of carboxylic acid groups (broad SMARTS) is 2. The molecule has 0 aromatic rings. The Bertz CT molecular complexity index is 377. The third kappa shape index (κ3) is 33.1. The fourth-order valence-corrected chi connectivity index (χ4v) is 0.881. The van der Waals surface area contributed by atoms with Gasteiger partial charge in [-0.2, -0.15) is 0 Å². The molecule has 0 heterocycles. The number of carbonyl (C=O) groups is 4. The minimum absolute atomic E-state index is 0.182. The summed E-state index contributed by atoms with van der Waals surface area (Å²) in [6.07, 6.45) is -1.84. The highest BCUT2D eigenvalue weighted by Crippen LogP contribution is 1.87. The SMILES string of the molecule is CCCCOC(C)=O.CCOC(=O)C(C)O.O=C(O)OCCOC(=O)O. The Morgan fingerprint density at radius 1 is 0.846 bits per heavy atom. The average molecular weight is 384 g/mol. The van der Waals surface area contributed by atoms with Crippen molar-refractivity contribution >= 4 is 24.2 Å². The number of aliphatic hydroxyl groups excluding tert-OH is 1. The summed E-state index contributed by atoms with van der Waals surface area (Å²) in [5, 5.41) is 24.2. The van der Waals surface area contributed by atoms with Gasteiger partial charge in [0.2, 0.25) is 0 Å². The van der Waals surface area contributed by atoms with E-state index in [0.717, 1.165) is 12.8 Å². The molecule has 0 amide bonds. The Morgan fingerprint density at radius 2 is 1.31 bits per heavy atom. The van der Waals surface area contributed by atoms with E-state index >= 15 is 0 Å². The van der Waals surface area contributed by atoms with Gasteiger partial charge in [0.1, 0.15) is 19.3 Å². The summed E-state index contributed by atoms with van der Waals surface area (Å²) in [7, 11) is 0. The lowest BCUT2D eigenvalue weighted by atomic mass is 10.4.